The lowest BCUT2D eigenvalue weighted by Crippen LogP contribution is -2.12. The van der Waals surface area contributed by atoms with Gasteiger partial charge >= 0.3 is 12.1 Å². The number of carbonyl (C=O) groups excluding carboxylic acids is 1. The van der Waals surface area contributed by atoms with Gasteiger partial charge in [-0.15, -0.1) is 0 Å². The van der Waals surface area contributed by atoms with Crippen LogP contribution in [0, 0.1) is 3.57 Å². The number of rotatable bonds is 6. The number of aryl methyl sites for hydroxylation is 1. The smallest absolute Gasteiger partial charge is 0.419 e. The molecule has 2 aromatic rings. The fraction of sp³-hybridized carbons (Fsp3) is 0.316. The number of benzene rings is 2. The average Bonchev–Trinajstić information content (AvgIpc) is 2.60. The molecule has 0 N–H and O–H groups in total. The summed E-state index contributed by atoms with van der Waals surface area (Å²) in [7, 11) is 0. The van der Waals surface area contributed by atoms with Crippen molar-refractivity contribution >= 4 is 40.2 Å². The zero-order valence-electron chi connectivity index (χ0n) is 14.6. The largest absolute Gasteiger partial charge is 0.488 e. The quantitative estimate of drug-likeness (QED) is 0.255. The molecule has 27 heavy (non-hydrogen) atoms. The van der Waals surface area contributed by atoms with E-state index in [1.807, 2.05) is 22.6 Å². The second-order valence-corrected chi connectivity index (χ2v) is 7.19. The van der Waals surface area contributed by atoms with E-state index < -0.39 is 17.7 Å². The van der Waals surface area contributed by atoms with E-state index in [1.54, 1.807) is 32.0 Å². The molecule has 2 aromatic carbocycles. The molecular weight excluding hydrogens is 496 g/mol. The van der Waals surface area contributed by atoms with Gasteiger partial charge in [0, 0.05) is 20.6 Å². The molecule has 2 rings (SSSR count). The molecule has 0 heterocycles. The summed E-state index contributed by atoms with van der Waals surface area (Å²) in [4.78, 5) is 11.6. The van der Waals surface area contributed by atoms with Gasteiger partial charge in [0.25, 0.3) is 0 Å². The lowest BCUT2D eigenvalue weighted by atomic mass is 10.1. The van der Waals surface area contributed by atoms with Crippen molar-refractivity contribution in [3.05, 3.63) is 55.6 Å². The summed E-state index contributed by atoms with van der Waals surface area (Å²) >= 11 is 8.08. The third kappa shape index (κ3) is 5.51. The molecule has 0 unspecified atom stereocenters. The first kappa shape index (κ1) is 21.8. The Kier molecular flexibility index (Phi) is 7.39. The molecule has 0 fully saturated rings. The molecule has 0 aliphatic rings. The van der Waals surface area contributed by atoms with Crippen molar-refractivity contribution in [2.45, 2.75) is 39.5 Å². The summed E-state index contributed by atoms with van der Waals surface area (Å²) < 4.78 is 51.6. The van der Waals surface area contributed by atoms with Crippen LogP contribution < -0.4 is 9.47 Å². The third-order valence-electron chi connectivity index (χ3n) is 3.80. The van der Waals surface area contributed by atoms with Gasteiger partial charge in [0.05, 0.1) is 5.56 Å². The van der Waals surface area contributed by atoms with Crippen molar-refractivity contribution in [1.29, 1.82) is 0 Å². The first-order chi connectivity index (χ1) is 12.7. The van der Waals surface area contributed by atoms with Crippen LogP contribution in [0.5, 0.6) is 11.5 Å². The number of ether oxygens (including phenoxy) is 2. The standard InChI is InChI=1S/C19H17ClF3IO3/c1-3-11-8-13(19(21,22)23)17(9-14(11)20)26-10-12-15(24)6-5-7-16(12)27-18(25)4-2/h5-9H,3-4,10H2,1-2H3. The lowest BCUT2D eigenvalue weighted by Gasteiger charge is -2.18. The minimum Gasteiger partial charge on any atom is -0.488 e. The molecule has 0 amide bonds. The maximum absolute atomic E-state index is 13.4. The van der Waals surface area contributed by atoms with Crippen molar-refractivity contribution in [3.63, 3.8) is 0 Å². The highest BCUT2D eigenvalue weighted by Crippen LogP contribution is 2.40. The Balaban J connectivity index is 2.37. The topological polar surface area (TPSA) is 35.5 Å². The average molecular weight is 513 g/mol. The van der Waals surface area contributed by atoms with Gasteiger partial charge in [-0.3, -0.25) is 4.79 Å². The van der Waals surface area contributed by atoms with Crippen molar-refractivity contribution in [2.75, 3.05) is 0 Å². The molecule has 0 aliphatic heterocycles. The highest BCUT2D eigenvalue weighted by molar-refractivity contribution is 14.1. The maximum atomic E-state index is 13.4. The molecule has 3 nitrogen and oxygen atoms in total. The Morgan fingerprint density at radius 2 is 1.89 bits per heavy atom. The second kappa shape index (κ2) is 9.14. The number of hydrogen-bond acceptors (Lipinski definition) is 3. The van der Waals surface area contributed by atoms with Gasteiger partial charge in [0.1, 0.15) is 18.1 Å². The zero-order chi connectivity index (χ0) is 20.2. The normalized spacial score (nSPS) is 11.4. The van der Waals surface area contributed by atoms with Gasteiger partial charge < -0.3 is 9.47 Å². The molecule has 8 heteroatoms. The summed E-state index contributed by atoms with van der Waals surface area (Å²) in [5.41, 5.74) is -0.00583. The first-order valence-corrected chi connectivity index (χ1v) is 9.63. The Morgan fingerprint density at radius 3 is 2.48 bits per heavy atom. The molecule has 0 saturated heterocycles. The van der Waals surface area contributed by atoms with E-state index >= 15 is 0 Å². The van der Waals surface area contributed by atoms with Crippen LogP contribution in [0.3, 0.4) is 0 Å². The van der Waals surface area contributed by atoms with Crippen LogP contribution in [0.4, 0.5) is 13.2 Å². The molecule has 0 aliphatic carbocycles. The zero-order valence-corrected chi connectivity index (χ0v) is 17.5. The van der Waals surface area contributed by atoms with Gasteiger partial charge in [-0.05, 0) is 58.8 Å². The fourth-order valence-electron chi connectivity index (χ4n) is 2.33. The summed E-state index contributed by atoms with van der Waals surface area (Å²) in [5, 5.41) is 0.209. The van der Waals surface area contributed by atoms with Gasteiger partial charge in [-0.25, -0.2) is 0 Å². The van der Waals surface area contributed by atoms with E-state index in [0.717, 1.165) is 6.07 Å². The van der Waals surface area contributed by atoms with Crippen LogP contribution in [-0.2, 0) is 24.0 Å². The second-order valence-electron chi connectivity index (χ2n) is 5.62. The molecular formula is C19H17ClF3IO3. The molecule has 0 spiro atoms. The van der Waals surface area contributed by atoms with Crippen LogP contribution in [0.2, 0.25) is 5.02 Å². The van der Waals surface area contributed by atoms with E-state index in [4.69, 9.17) is 21.1 Å². The number of alkyl halides is 3. The maximum Gasteiger partial charge on any atom is 0.419 e. The minimum atomic E-state index is -4.58. The Bertz CT molecular complexity index is 838. The SMILES string of the molecule is CCC(=O)Oc1cccc(I)c1COc1cc(Cl)c(CC)cc1C(F)(F)F. The van der Waals surface area contributed by atoms with Crippen molar-refractivity contribution in [2.24, 2.45) is 0 Å². The third-order valence-corrected chi connectivity index (χ3v) is 5.16. The highest BCUT2D eigenvalue weighted by Gasteiger charge is 2.35. The van der Waals surface area contributed by atoms with Crippen molar-refractivity contribution < 1.29 is 27.4 Å². The number of carbonyl (C=O) groups is 1. The molecule has 0 saturated carbocycles. The van der Waals surface area contributed by atoms with E-state index in [-0.39, 0.29) is 29.5 Å². The Labute approximate surface area is 173 Å². The van der Waals surface area contributed by atoms with Crippen LogP contribution in [0.15, 0.2) is 30.3 Å². The van der Waals surface area contributed by atoms with Crippen LogP contribution in [-0.4, -0.2) is 5.97 Å². The highest BCUT2D eigenvalue weighted by atomic mass is 127. The van der Waals surface area contributed by atoms with E-state index in [1.165, 1.54) is 6.07 Å². The van der Waals surface area contributed by atoms with Gasteiger partial charge in [0.15, 0.2) is 0 Å². The predicted molar refractivity (Wildman–Crippen MR) is 105 cm³/mol. The van der Waals surface area contributed by atoms with Crippen molar-refractivity contribution in [3.8, 4) is 11.5 Å². The summed E-state index contributed by atoms with van der Waals surface area (Å²) in [6.45, 7) is 3.18. The number of esters is 1. The summed E-state index contributed by atoms with van der Waals surface area (Å²) in [6, 6.07) is 7.20. The molecule has 0 radical (unpaired) electrons. The van der Waals surface area contributed by atoms with Gasteiger partial charge in [-0.1, -0.05) is 31.5 Å². The summed E-state index contributed by atoms with van der Waals surface area (Å²) in [5.74, 6) is -0.541. The van der Waals surface area contributed by atoms with Crippen LogP contribution >= 0.6 is 34.2 Å². The number of halogens is 5. The van der Waals surface area contributed by atoms with E-state index in [0.29, 0.717) is 21.1 Å². The molecule has 0 aromatic heterocycles. The molecule has 146 valence electrons. The van der Waals surface area contributed by atoms with Crippen LogP contribution in [0.25, 0.3) is 0 Å². The van der Waals surface area contributed by atoms with Crippen LogP contribution in [0.1, 0.15) is 37.0 Å². The minimum absolute atomic E-state index is 0.179. The van der Waals surface area contributed by atoms with E-state index in [2.05, 4.69) is 0 Å². The predicted octanol–water partition coefficient (Wildman–Crippen LogP) is 6.42. The van der Waals surface area contributed by atoms with E-state index in [9.17, 15) is 18.0 Å². The number of hydrogen-bond donors (Lipinski definition) is 0. The first-order valence-electron chi connectivity index (χ1n) is 8.17. The van der Waals surface area contributed by atoms with Gasteiger partial charge in [-0.2, -0.15) is 13.2 Å². The fourth-order valence-corrected chi connectivity index (χ4v) is 3.25. The molecule has 0 atom stereocenters. The summed E-state index contributed by atoms with van der Waals surface area (Å²) in [6.07, 6.45) is -4.03. The lowest BCUT2D eigenvalue weighted by molar-refractivity contribution is -0.139. The van der Waals surface area contributed by atoms with Gasteiger partial charge in [0.2, 0.25) is 0 Å². The van der Waals surface area contributed by atoms with Crippen molar-refractivity contribution in [1.82, 2.24) is 0 Å². The Hall–Kier alpha value is -1.48. The Morgan fingerprint density at radius 1 is 1.19 bits per heavy atom. The monoisotopic (exact) mass is 512 g/mol. The molecule has 0 bridgehead atoms.